The summed E-state index contributed by atoms with van der Waals surface area (Å²) in [5, 5.41) is 9.21. The third kappa shape index (κ3) is 3.27. The van der Waals surface area contributed by atoms with Crippen molar-refractivity contribution >= 4 is 12.4 Å². The van der Waals surface area contributed by atoms with Crippen molar-refractivity contribution in [2.45, 2.75) is 32.0 Å². The molecule has 110 valence electrons. The van der Waals surface area contributed by atoms with Crippen LogP contribution in [0.2, 0.25) is 0 Å². The Morgan fingerprint density at radius 3 is 1.74 bits per heavy atom. The van der Waals surface area contributed by atoms with Crippen molar-refractivity contribution in [1.29, 1.82) is 0 Å². The van der Waals surface area contributed by atoms with Gasteiger partial charge in [0.1, 0.15) is 11.8 Å². The molecule has 0 aliphatic carbocycles. The number of hydrogen-bond acceptors (Lipinski definition) is 2. The summed E-state index contributed by atoms with van der Waals surface area (Å²) in [6, 6.07) is -0.318. The SMILES string of the molecule is Cc1cc(O)cc(C)c1[C@H](N)C(F)(F)C(F)(F)F.Cl. The normalized spacial score (nSPS) is 13.9. The highest BCUT2D eigenvalue weighted by Gasteiger charge is 2.62. The molecule has 1 aromatic rings. The van der Waals surface area contributed by atoms with Crippen LogP contribution in [-0.2, 0) is 0 Å². The van der Waals surface area contributed by atoms with Gasteiger partial charge in [-0.1, -0.05) is 0 Å². The number of hydrogen-bond donors (Lipinski definition) is 2. The number of halogens is 6. The third-order valence-electron chi connectivity index (χ3n) is 2.66. The van der Waals surface area contributed by atoms with E-state index in [1.54, 1.807) is 0 Å². The first kappa shape index (κ1) is 17.9. The second-order valence-corrected chi connectivity index (χ2v) is 4.09. The molecule has 0 unspecified atom stereocenters. The lowest BCUT2D eigenvalue weighted by molar-refractivity contribution is -0.291. The highest BCUT2D eigenvalue weighted by atomic mass is 35.5. The zero-order chi connectivity index (χ0) is 14.3. The van der Waals surface area contributed by atoms with Gasteiger partial charge in [0.05, 0.1) is 0 Å². The van der Waals surface area contributed by atoms with Gasteiger partial charge in [0.15, 0.2) is 0 Å². The van der Waals surface area contributed by atoms with Gasteiger partial charge in [0.2, 0.25) is 0 Å². The van der Waals surface area contributed by atoms with Crippen molar-refractivity contribution in [1.82, 2.24) is 0 Å². The van der Waals surface area contributed by atoms with E-state index in [0.717, 1.165) is 12.1 Å². The van der Waals surface area contributed by atoms with E-state index in [0.29, 0.717) is 0 Å². The van der Waals surface area contributed by atoms with Gasteiger partial charge in [-0.2, -0.15) is 22.0 Å². The van der Waals surface area contributed by atoms with Gasteiger partial charge < -0.3 is 10.8 Å². The predicted octanol–water partition coefficient (Wildman–Crippen LogP) is 3.63. The number of aryl methyl sites for hydroxylation is 2. The average molecular weight is 306 g/mol. The van der Waals surface area contributed by atoms with E-state index >= 15 is 0 Å². The van der Waals surface area contributed by atoms with Crippen LogP contribution in [0.25, 0.3) is 0 Å². The average Bonchev–Trinajstić information content (AvgIpc) is 2.13. The van der Waals surface area contributed by atoms with Crippen molar-refractivity contribution in [2.75, 3.05) is 0 Å². The molecular formula is C11H13ClF5NO. The quantitative estimate of drug-likeness (QED) is 0.820. The maximum absolute atomic E-state index is 13.2. The van der Waals surface area contributed by atoms with Crippen LogP contribution in [0, 0.1) is 13.8 Å². The molecule has 0 saturated carbocycles. The largest absolute Gasteiger partial charge is 0.508 e. The van der Waals surface area contributed by atoms with Crippen LogP contribution in [0.1, 0.15) is 22.7 Å². The van der Waals surface area contributed by atoms with Gasteiger partial charge in [-0.15, -0.1) is 12.4 Å². The molecule has 0 aromatic heterocycles. The minimum Gasteiger partial charge on any atom is -0.508 e. The minimum atomic E-state index is -5.72. The molecule has 1 atom stereocenters. The van der Waals surface area contributed by atoms with Crippen LogP contribution in [0.15, 0.2) is 12.1 Å². The molecule has 0 amide bonds. The van der Waals surface area contributed by atoms with E-state index in [-0.39, 0.29) is 34.8 Å². The van der Waals surface area contributed by atoms with Gasteiger partial charge in [0, 0.05) is 0 Å². The molecule has 3 N–H and O–H groups in total. The standard InChI is InChI=1S/C11H12F5NO.ClH/c1-5-3-7(18)4-6(2)8(5)9(17)10(12,13)11(14,15)16;/h3-4,9,18H,17H2,1-2H3;1H/t9-;/m0./s1. The maximum atomic E-state index is 13.2. The molecule has 0 aliphatic heterocycles. The summed E-state index contributed by atoms with van der Waals surface area (Å²) in [6.45, 7) is 2.63. The Labute approximate surface area is 112 Å². The fourth-order valence-electron chi connectivity index (χ4n) is 1.80. The fourth-order valence-corrected chi connectivity index (χ4v) is 1.80. The molecule has 0 saturated heterocycles. The highest BCUT2D eigenvalue weighted by Crippen LogP contribution is 2.44. The molecule has 1 aromatic carbocycles. The molecular weight excluding hydrogens is 293 g/mol. The van der Waals surface area contributed by atoms with Gasteiger partial charge in [-0.25, -0.2) is 0 Å². The summed E-state index contributed by atoms with van der Waals surface area (Å²) in [7, 11) is 0. The van der Waals surface area contributed by atoms with Crippen molar-refractivity contribution < 1.29 is 27.1 Å². The molecule has 0 heterocycles. The van der Waals surface area contributed by atoms with Crippen LogP contribution in [0.5, 0.6) is 5.75 Å². The molecule has 0 aliphatic rings. The summed E-state index contributed by atoms with van der Waals surface area (Å²) in [5.74, 6) is -5.24. The topological polar surface area (TPSA) is 46.2 Å². The first-order chi connectivity index (χ1) is 7.98. The Balaban J connectivity index is 0.00000324. The molecule has 19 heavy (non-hydrogen) atoms. The second-order valence-electron chi connectivity index (χ2n) is 4.09. The molecule has 0 fully saturated rings. The van der Waals surface area contributed by atoms with Crippen LogP contribution >= 0.6 is 12.4 Å². The van der Waals surface area contributed by atoms with Gasteiger partial charge in [0.25, 0.3) is 0 Å². The van der Waals surface area contributed by atoms with Crippen LogP contribution in [-0.4, -0.2) is 17.2 Å². The first-order valence-electron chi connectivity index (χ1n) is 4.98. The number of alkyl halides is 5. The van der Waals surface area contributed by atoms with Crippen molar-refractivity contribution in [3.8, 4) is 5.75 Å². The van der Waals surface area contributed by atoms with Gasteiger partial charge in [-0.05, 0) is 42.7 Å². The Morgan fingerprint density at radius 2 is 1.42 bits per heavy atom. The fraction of sp³-hybridized carbons (Fsp3) is 0.455. The van der Waals surface area contributed by atoms with Crippen molar-refractivity contribution in [3.63, 3.8) is 0 Å². The Bertz CT molecular complexity index is 438. The lowest BCUT2D eigenvalue weighted by Crippen LogP contribution is -2.46. The number of nitrogens with two attached hydrogens (primary N) is 1. The number of rotatable bonds is 2. The third-order valence-corrected chi connectivity index (χ3v) is 2.66. The van der Waals surface area contributed by atoms with E-state index in [2.05, 4.69) is 0 Å². The summed E-state index contributed by atoms with van der Waals surface area (Å²) < 4.78 is 63.0. The van der Waals surface area contributed by atoms with Crippen LogP contribution in [0.3, 0.4) is 0 Å². The Morgan fingerprint density at radius 1 is 1.05 bits per heavy atom. The second kappa shape index (κ2) is 5.50. The molecule has 0 spiro atoms. The number of benzene rings is 1. The zero-order valence-electron chi connectivity index (χ0n) is 10.1. The highest BCUT2D eigenvalue weighted by molar-refractivity contribution is 5.85. The van der Waals surface area contributed by atoms with E-state index in [1.807, 2.05) is 0 Å². The summed E-state index contributed by atoms with van der Waals surface area (Å²) in [4.78, 5) is 0. The molecule has 0 radical (unpaired) electrons. The minimum absolute atomic E-state index is 0. The molecule has 2 nitrogen and oxygen atoms in total. The van der Waals surface area contributed by atoms with E-state index in [1.165, 1.54) is 13.8 Å². The summed E-state index contributed by atoms with van der Waals surface area (Å²) in [6.07, 6.45) is -5.72. The summed E-state index contributed by atoms with van der Waals surface area (Å²) in [5.41, 5.74) is 4.92. The van der Waals surface area contributed by atoms with E-state index in [4.69, 9.17) is 5.73 Å². The van der Waals surface area contributed by atoms with Crippen molar-refractivity contribution in [2.24, 2.45) is 5.73 Å². The lowest BCUT2D eigenvalue weighted by Gasteiger charge is -2.28. The maximum Gasteiger partial charge on any atom is 0.455 e. The van der Waals surface area contributed by atoms with Crippen LogP contribution < -0.4 is 5.73 Å². The molecule has 0 bridgehead atoms. The lowest BCUT2D eigenvalue weighted by atomic mass is 9.92. The summed E-state index contributed by atoms with van der Waals surface area (Å²) >= 11 is 0. The first-order valence-corrected chi connectivity index (χ1v) is 4.98. The number of phenols is 1. The Kier molecular flexibility index (Phi) is 5.19. The monoisotopic (exact) mass is 305 g/mol. The number of phenolic OH excluding ortho intramolecular Hbond substituents is 1. The van der Waals surface area contributed by atoms with Crippen LogP contribution in [0.4, 0.5) is 22.0 Å². The molecule has 8 heteroatoms. The van der Waals surface area contributed by atoms with E-state index < -0.39 is 18.1 Å². The number of aromatic hydroxyl groups is 1. The van der Waals surface area contributed by atoms with Crippen molar-refractivity contribution in [3.05, 3.63) is 28.8 Å². The predicted molar refractivity (Wildman–Crippen MR) is 62.8 cm³/mol. The molecule has 1 rings (SSSR count). The zero-order valence-corrected chi connectivity index (χ0v) is 10.9. The Hall–Kier alpha value is -1.08. The smallest absolute Gasteiger partial charge is 0.455 e. The van der Waals surface area contributed by atoms with E-state index in [9.17, 15) is 27.1 Å². The van der Waals surface area contributed by atoms with Gasteiger partial charge in [-0.3, -0.25) is 0 Å². The van der Waals surface area contributed by atoms with Gasteiger partial charge >= 0.3 is 12.1 Å².